The van der Waals surface area contributed by atoms with Crippen LogP contribution in [0.1, 0.15) is 13.8 Å². The minimum atomic E-state index is 0.319. The first-order valence-electron chi connectivity index (χ1n) is 2.47. The van der Waals surface area contributed by atoms with Crippen molar-refractivity contribution in [3.8, 4) is 0 Å². The van der Waals surface area contributed by atoms with Crippen molar-refractivity contribution in [1.82, 2.24) is 0 Å². The first-order chi connectivity index (χ1) is 3.29. The maximum absolute atomic E-state index is 5.11. The number of ether oxygens (including phenoxy) is 1. The van der Waals surface area contributed by atoms with Crippen LogP contribution in [0.25, 0.3) is 0 Å². The highest BCUT2D eigenvalue weighted by Crippen LogP contribution is 2.00. The fraction of sp³-hybridized carbons (Fsp3) is 0.800. The van der Waals surface area contributed by atoms with Gasteiger partial charge in [0.1, 0.15) is 6.10 Å². The Morgan fingerprint density at radius 3 is 2.71 bits per heavy atom. The van der Waals surface area contributed by atoms with Gasteiger partial charge in [-0.05, 0) is 6.92 Å². The smallest absolute Gasteiger partial charge is 0.180 e. The molecule has 0 bridgehead atoms. The van der Waals surface area contributed by atoms with E-state index in [2.05, 4.69) is 4.99 Å². The molecule has 0 amide bonds. The summed E-state index contributed by atoms with van der Waals surface area (Å²) in [6.45, 7) is 4.73. The summed E-state index contributed by atoms with van der Waals surface area (Å²) in [5.41, 5.74) is 0. The maximum atomic E-state index is 5.11. The molecule has 40 valence electrons. The van der Waals surface area contributed by atoms with Gasteiger partial charge in [0.2, 0.25) is 0 Å². The number of nitrogens with zero attached hydrogens (tertiary/aromatic N) is 1. The van der Waals surface area contributed by atoms with Gasteiger partial charge in [0, 0.05) is 6.92 Å². The molecule has 0 radical (unpaired) electrons. The summed E-state index contributed by atoms with van der Waals surface area (Å²) in [6, 6.07) is 0. The van der Waals surface area contributed by atoms with Gasteiger partial charge in [-0.2, -0.15) is 0 Å². The maximum Gasteiger partial charge on any atom is 0.180 e. The molecule has 1 rings (SSSR count). The summed E-state index contributed by atoms with van der Waals surface area (Å²) in [5.74, 6) is 0.826. The molecule has 0 N–H and O–H groups in total. The van der Waals surface area contributed by atoms with Crippen molar-refractivity contribution in [3.63, 3.8) is 0 Å². The third kappa shape index (κ3) is 0.918. The van der Waals surface area contributed by atoms with Crippen LogP contribution in [0, 0.1) is 0 Å². The van der Waals surface area contributed by atoms with Crippen molar-refractivity contribution >= 4 is 5.90 Å². The largest absolute Gasteiger partial charge is 0.476 e. The lowest BCUT2D eigenvalue weighted by Gasteiger charge is -1.98. The van der Waals surface area contributed by atoms with Gasteiger partial charge in [0.05, 0.1) is 6.54 Å². The Hall–Kier alpha value is -0.530. The van der Waals surface area contributed by atoms with Gasteiger partial charge < -0.3 is 4.74 Å². The normalized spacial score (nSPS) is 29.4. The van der Waals surface area contributed by atoms with E-state index in [1.807, 2.05) is 13.8 Å². The van der Waals surface area contributed by atoms with Crippen LogP contribution < -0.4 is 0 Å². The molecule has 0 saturated carbocycles. The molecule has 0 fully saturated rings. The van der Waals surface area contributed by atoms with E-state index in [1.165, 1.54) is 0 Å². The molecule has 0 saturated heterocycles. The van der Waals surface area contributed by atoms with Crippen LogP contribution in [0.5, 0.6) is 0 Å². The van der Waals surface area contributed by atoms with Gasteiger partial charge in [0.25, 0.3) is 0 Å². The van der Waals surface area contributed by atoms with Crippen LogP contribution in [-0.2, 0) is 4.74 Å². The highest BCUT2D eigenvalue weighted by Gasteiger charge is 2.08. The molecule has 0 aliphatic carbocycles. The average Bonchev–Trinajstić information content (AvgIpc) is 1.87. The van der Waals surface area contributed by atoms with Gasteiger partial charge in [-0.3, -0.25) is 4.99 Å². The predicted octanol–water partition coefficient (Wildman–Crippen LogP) is 0.824. The zero-order chi connectivity index (χ0) is 5.28. The van der Waals surface area contributed by atoms with E-state index in [0.717, 1.165) is 12.4 Å². The Morgan fingerprint density at radius 2 is 2.57 bits per heavy atom. The van der Waals surface area contributed by atoms with Crippen LogP contribution >= 0.6 is 0 Å². The van der Waals surface area contributed by atoms with E-state index >= 15 is 0 Å². The summed E-state index contributed by atoms with van der Waals surface area (Å²) in [4.78, 5) is 4.01. The third-order valence-electron chi connectivity index (χ3n) is 0.943. The number of aliphatic imine (C=N–C) groups is 1. The van der Waals surface area contributed by atoms with E-state index in [-0.39, 0.29) is 0 Å². The fourth-order valence-electron chi connectivity index (χ4n) is 0.623. The van der Waals surface area contributed by atoms with Gasteiger partial charge >= 0.3 is 0 Å². The van der Waals surface area contributed by atoms with Crippen molar-refractivity contribution < 1.29 is 4.74 Å². The molecule has 0 spiro atoms. The summed E-state index contributed by atoms with van der Waals surface area (Å²) in [7, 11) is 0. The molecular weight excluding hydrogens is 90.1 g/mol. The quantitative estimate of drug-likeness (QED) is 0.440. The number of rotatable bonds is 0. The zero-order valence-electron chi connectivity index (χ0n) is 4.64. The van der Waals surface area contributed by atoms with E-state index in [0.29, 0.717) is 6.10 Å². The highest BCUT2D eigenvalue weighted by molar-refractivity contribution is 5.74. The van der Waals surface area contributed by atoms with Crippen LogP contribution in [0.4, 0.5) is 0 Å². The lowest BCUT2D eigenvalue weighted by molar-refractivity contribution is 0.244. The van der Waals surface area contributed by atoms with E-state index in [9.17, 15) is 0 Å². The Balaban J connectivity index is 2.42. The Bertz CT molecular complexity index is 98.3. The second kappa shape index (κ2) is 1.52. The van der Waals surface area contributed by atoms with Crippen LogP contribution in [0.15, 0.2) is 4.99 Å². The van der Waals surface area contributed by atoms with Crippen LogP contribution in [-0.4, -0.2) is 18.5 Å². The summed E-state index contributed by atoms with van der Waals surface area (Å²) >= 11 is 0. The van der Waals surface area contributed by atoms with Gasteiger partial charge in [-0.15, -0.1) is 0 Å². The first kappa shape index (κ1) is 4.62. The lowest BCUT2D eigenvalue weighted by Crippen LogP contribution is -2.04. The average molecular weight is 99.1 g/mol. The minimum absolute atomic E-state index is 0.319. The molecular formula is C5H9NO. The Labute approximate surface area is 43.2 Å². The Morgan fingerprint density at radius 1 is 1.86 bits per heavy atom. The first-order valence-corrected chi connectivity index (χ1v) is 2.47. The van der Waals surface area contributed by atoms with Crippen molar-refractivity contribution in [2.45, 2.75) is 20.0 Å². The molecule has 1 atom stereocenters. The predicted molar refractivity (Wildman–Crippen MR) is 28.5 cm³/mol. The van der Waals surface area contributed by atoms with Gasteiger partial charge in [-0.1, -0.05) is 0 Å². The molecule has 0 aromatic heterocycles. The van der Waals surface area contributed by atoms with Crippen molar-refractivity contribution in [3.05, 3.63) is 0 Å². The molecule has 0 unspecified atom stereocenters. The van der Waals surface area contributed by atoms with E-state index < -0.39 is 0 Å². The lowest BCUT2D eigenvalue weighted by atomic mass is 10.4. The highest BCUT2D eigenvalue weighted by atomic mass is 16.5. The molecule has 1 aliphatic heterocycles. The summed E-state index contributed by atoms with van der Waals surface area (Å²) in [6.07, 6.45) is 0.319. The van der Waals surface area contributed by atoms with Crippen molar-refractivity contribution in [2.75, 3.05) is 6.54 Å². The molecule has 1 aliphatic rings. The molecule has 2 heteroatoms. The number of hydrogen-bond donors (Lipinski definition) is 0. The standard InChI is InChI=1S/C5H9NO/c1-4-3-6-5(2)7-4/h4H,3H2,1-2H3/t4-/m0/s1. The molecule has 1 heterocycles. The van der Waals surface area contributed by atoms with Crippen LogP contribution in [0.3, 0.4) is 0 Å². The summed E-state index contributed by atoms with van der Waals surface area (Å²) < 4.78 is 5.11. The molecule has 7 heavy (non-hydrogen) atoms. The molecule has 2 nitrogen and oxygen atoms in total. The SMILES string of the molecule is CC1=NC[C@H](C)O1. The van der Waals surface area contributed by atoms with Crippen molar-refractivity contribution in [2.24, 2.45) is 4.99 Å². The van der Waals surface area contributed by atoms with Crippen molar-refractivity contribution in [1.29, 1.82) is 0 Å². The molecule has 0 aromatic carbocycles. The topological polar surface area (TPSA) is 21.6 Å². The van der Waals surface area contributed by atoms with E-state index in [4.69, 9.17) is 4.74 Å². The third-order valence-corrected chi connectivity index (χ3v) is 0.943. The fourth-order valence-corrected chi connectivity index (χ4v) is 0.623. The Kier molecular flexibility index (Phi) is 1.01. The monoisotopic (exact) mass is 99.1 g/mol. The summed E-state index contributed by atoms with van der Waals surface area (Å²) in [5, 5.41) is 0. The number of hydrogen-bond acceptors (Lipinski definition) is 2. The van der Waals surface area contributed by atoms with E-state index in [1.54, 1.807) is 0 Å². The van der Waals surface area contributed by atoms with Gasteiger partial charge in [-0.25, -0.2) is 0 Å². The van der Waals surface area contributed by atoms with Gasteiger partial charge in [0.15, 0.2) is 5.90 Å². The minimum Gasteiger partial charge on any atom is -0.476 e. The second-order valence-electron chi connectivity index (χ2n) is 1.79. The second-order valence-corrected chi connectivity index (χ2v) is 1.79. The van der Waals surface area contributed by atoms with Crippen LogP contribution in [0.2, 0.25) is 0 Å². The zero-order valence-corrected chi connectivity index (χ0v) is 4.64. The molecule has 0 aromatic rings.